The lowest BCUT2D eigenvalue weighted by atomic mass is 10.1. The number of aromatic nitrogens is 4. The monoisotopic (exact) mass is 343 g/mol. The van der Waals surface area contributed by atoms with Crippen molar-refractivity contribution in [3.8, 4) is 0 Å². The Morgan fingerprint density at radius 1 is 1.08 bits per heavy atom. The van der Waals surface area contributed by atoms with Crippen LogP contribution in [0.15, 0.2) is 30.6 Å². The number of carbonyl (C=O) groups is 1. The first-order valence-electron chi connectivity index (χ1n) is 8.73. The molecule has 1 N–H and O–H groups in total. The van der Waals surface area contributed by atoms with Gasteiger partial charge in [0.2, 0.25) is 5.91 Å². The maximum absolute atomic E-state index is 11.8. The van der Waals surface area contributed by atoms with Crippen molar-refractivity contribution in [2.75, 3.05) is 32.7 Å². The van der Waals surface area contributed by atoms with Crippen LogP contribution in [0.25, 0.3) is 0 Å². The van der Waals surface area contributed by atoms with E-state index in [1.807, 2.05) is 0 Å². The van der Waals surface area contributed by atoms with E-state index in [9.17, 15) is 4.79 Å². The molecule has 25 heavy (non-hydrogen) atoms. The molecule has 2 aromatic rings. The lowest BCUT2D eigenvalue weighted by Gasteiger charge is -2.34. The number of benzene rings is 1. The van der Waals surface area contributed by atoms with Gasteiger partial charge in [0.25, 0.3) is 0 Å². The highest BCUT2D eigenvalue weighted by Gasteiger charge is 2.15. The van der Waals surface area contributed by atoms with Gasteiger partial charge < -0.3 is 10.2 Å². The number of nitrogens with one attached hydrogen (secondary N) is 1. The Balaban J connectivity index is 1.42. The van der Waals surface area contributed by atoms with Crippen molar-refractivity contribution < 1.29 is 4.79 Å². The second-order valence-corrected chi connectivity index (χ2v) is 6.31. The zero-order valence-corrected chi connectivity index (χ0v) is 14.6. The zero-order valence-electron chi connectivity index (χ0n) is 14.6. The lowest BCUT2D eigenvalue weighted by molar-refractivity contribution is -0.122. The molecule has 0 saturated carbocycles. The predicted octanol–water partition coefficient (Wildman–Crippen LogP) is 0.127. The molecule has 0 spiro atoms. The topological polar surface area (TPSA) is 79.2 Å². The number of amides is 1. The number of rotatable bonds is 7. The normalized spacial score (nSPS) is 16.0. The maximum Gasteiger partial charge on any atom is 0.242 e. The summed E-state index contributed by atoms with van der Waals surface area (Å²) in [7, 11) is 0. The lowest BCUT2D eigenvalue weighted by Crippen LogP contribution is -2.45. The van der Waals surface area contributed by atoms with Gasteiger partial charge in [-0.15, -0.1) is 5.10 Å². The highest BCUT2D eigenvalue weighted by molar-refractivity contribution is 5.75. The molecule has 0 unspecified atom stereocenters. The zero-order chi connectivity index (χ0) is 17.5. The van der Waals surface area contributed by atoms with Gasteiger partial charge in [0.15, 0.2) is 0 Å². The molecule has 1 aromatic heterocycles. The molecule has 1 aliphatic heterocycles. The van der Waals surface area contributed by atoms with E-state index >= 15 is 0 Å². The Kier molecular flexibility index (Phi) is 6.08. The molecule has 0 atom stereocenters. The largest absolute Gasteiger partial charge is 0.350 e. The summed E-state index contributed by atoms with van der Waals surface area (Å²) >= 11 is 0. The molecule has 1 amide bonds. The standard InChI is InChI=1S/C17H25N7O/c1-2-22-7-9-23(10-8-22)12-16-5-3-15(4-6-16)11-18-17(25)13-24-14-19-20-21-24/h3-6,14H,2,7-13H2,1H3,(H,18,25). The van der Waals surface area contributed by atoms with E-state index in [0.29, 0.717) is 6.54 Å². The molecule has 8 nitrogen and oxygen atoms in total. The SMILES string of the molecule is CCN1CCN(Cc2ccc(CNC(=O)Cn3cnnn3)cc2)CC1. The van der Waals surface area contributed by atoms with E-state index in [1.54, 1.807) is 0 Å². The van der Waals surface area contributed by atoms with Crippen LogP contribution in [0.3, 0.4) is 0 Å². The number of likely N-dealkylation sites (N-methyl/N-ethyl adjacent to an activating group) is 1. The minimum absolute atomic E-state index is 0.106. The summed E-state index contributed by atoms with van der Waals surface area (Å²) in [5, 5.41) is 13.6. The Labute approximate surface area is 147 Å². The fourth-order valence-electron chi connectivity index (χ4n) is 2.94. The molecule has 0 radical (unpaired) electrons. The smallest absolute Gasteiger partial charge is 0.242 e. The van der Waals surface area contributed by atoms with Crippen molar-refractivity contribution in [3.63, 3.8) is 0 Å². The number of nitrogens with zero attached hydrogens (tertiary/aromatic N) is 6. The molecule has 134 valence electrons. The summed E-state index contributed by atoms with van der Waals surface area (Å²) in [6, 6.07) is 8.45. The van der Waals surface area contributed by atoms with Gasteiger partial charge in [-0.3, -0.25) is 9.69 Å². The van der Waals surface area contributed by atoms with Gasteiger partial charge in [0.05, 0.1) is 0 Å². The van der Waals surface area contributed by atoms with Gasteiger partial charge in [0.1, 0.15) is 12.9 Å². The van der Waals surface area contributed by atoms with Crippen LogP contribution in [0.1, 0.15) is 18.1 Å². The molecule has 1 aromatic carbocycles. The van der Waals surface area contributed by atoms with Crippen LogP contribution in [-0.2, 0) is 24.4 Å². The number of carbonyl (C=O) groups excluding carboxylic acids is 1. The van der Waals surface area contributed by atoms with Crippen LogP contribution in [0, 0.1) is 0 Å². The number of tetrazole rings is 1. The average Bonchev–Trinajstić information content (AvgIpc) is 3.15. The van der Waals surface area contributed by atoms with Gasteiger partial charge in [-0.05, 0) is 28.1 Å². The number of piperazine rings is 1. The predicted molar refractivity (Wildman–Crippen MR) is 93.5 cm³/mol. The minimum atomic E-state index is -0.106. The first kappa shape index (κ1) is 17.5. The molecule has 1 fully saturated rings. The molecule has 2 heterocycles. The first-order valence-corrected chi connectivity index (χ1v) is 8.73. The summed E-state index contributed by atoms with van der Waals surface area (Å²) in [6.07, 6.45) is 1.43. The van der Waals surface area contributed by atoms with Crippen molar-refractivity contribution in [2.24, 2.45) is 0 Å². The van der Waals surface area contributed by atoms with Gasteiger partial charge in [-0.2, -0.15) is 0 Å². The maximum atomic E-state index is 11.8. The molecule has 1 aliphatic rings. The van der Waals surface area contributed by atoms with Crippen LogP contribution in [0.5, 0.6) is 0 Å². The molecule has 0 aliphatic carbocycles. The Morgan fingerprint density at radius 2 is 1.76 bits per heavy atom. The molecule has 8 heteroatoms. The van der Waals surface area contributed by atoms with Gasteiger partial charge in [-0.25, -0.2) is 4.68 Å². The third kappa shape index (κ3) is 5.33. The van der Waals surface area contributed by atoms with E-state index in [0.717, 1.165) is 44.8 Å². The summed E-state index contributed by atoms with van der Waals surface area (Å²) in [4.78, 5) is 16.8. The second kappa shape index (κ2) is 8.68. The fourth-order valence-corrected chi connectivity index (χ4v) is 2.94. The van der Waals surface area contributed by atoms with Gasteiger partial charge in [0, 0.05) is 39.3 Å². The Hall–Kier alpha value is -2.32. The average molecular weight is 343 g/mol. The van der Waals surface area contributed by atoms with E-state index in [1.165, 1.54) is 16.6 Å². The van der Waals surface area contributed by atoms with Gasteiger partial charge in [-0.1, -0.05) is 31.2 Å². The second-order valence-electron chi connectivity index (χ2n) is 6.31. The number of hydrogen-bond donors (Lipinski definition) is 1. The van der Waals surface area contributed by atoms with E-state index in [-0.39, 0.29) is 12.5 Å². The van der Waals surface area contributed by atoms with Crippen LogP contribution in [0.2, 0.25) is 0 Å². The fraction of sp³-hybridized carbons (Fsp3) is 0.529. The number of hydrogen-bond acceptors (Lipinski definition) is 6. The summed E-state index contributed by atoms with van der Waals surface area (Å²) in [5.41, 5.74) is 2.40. The molecular weight excluding hydrogens is 318 g/mol. The van der Waals surface area contributed by atoms with Crippen molar-refractivity contribution in [1.82, 2.24) is 35.3 Å². The third-order valence-electron chi connectivity index (χ3n) is 4.53. The summed E-state index contributed by atoms with van der Waals surface area (Å²) in [5.74, 6) is -0.106. The van der Waals surface area contributed by atoms with Crippen molar-refractivity contribution in [3.05, 3.63) is 41.7 Å². The molecule has 3 rings (SSSR count). The van der Waals surface area contributed by atoms with Gasteiger partial charge >= 0.3 is 0 Å². The highest BCUT2D eigenvalue weighted by atomic mass is 16.2. The van der Waals surface area contributed by atoms with E-state index < -0.39 is 0 Å². The molecule has 0 bridgehead atoms. The minimum Gasteiger partial charge on any atom is -0.350 e. The quantitative estimate of drug-likeness (QED) is 0.770. The van der Waals surface area contributed by atoms with Crippen molar-refractivity contribution >= 4 is 5.91 Å². The molecular formula is C17H25N7O. The summed E-state index contributed by atoms with van der Waals surface area (Å²) < 4.78 is 1.40. The Bertz CT molecular complexity index is 648. The Morgan fingerprint density at radius 3 is 2.40 bits per heavy atom. The van der Waals surface area contributed by atoms with Crippen LogP contribution >= 0.6 is 0 Å². The molecule has 1 saturated heterocycles. The van der Waals surface area contributed by atoms with Crippen molar-refractivity contribution in [2.45, 2.75) is 26.6 Å². The van der Waals surface area contributed by atoms with Crippen LogP contribution < -0.4 is 5.32 Å². The highest BCUT2D eigenvalue weighted by Crippen LogP contribution is 2.10. The third-order valence-corrected chi connectivity index (χ3v) is 4.53. The van der Waals surface area contributed by atoms with E-state index in [2.05, 4.69) is 61.8 Å². The summed E-state index contributed by atoms with van der Waals surface area (Å²) in [6.45, 7) is 9.56. The van der Waals surface area contributed by atoms with Crippen LogP contribution in [0.4, 0.5) is 0 Å². The van der Waals surface area contributed by atoms with Crippen molar-refractivity contribution in [1.29, 1.82) is 0 Å². The first-order chi connectivity index (χ1) is 12.2. The van der Waals surface area contributed by atoms with Crippen LogP contribution in [-0.4, -0.2) is 68.6 Å². The van der Waals surface area contributed by atoms with E-state index in [4.69, 9.17) is 0 Å².